The number of hydrogen-bond acceptors (Lipinski definition) is 4. The lowest BCUT2D eigenvalue weighted by atomic mass is 10.2. The average Bonchev–Trinajstić information content (AvgIpc) is 2.55. The lowest BCUT2D eigenvalue weighted by Crippen LogP contribution is -2.25. The minimum atomic E-state index is -0.153. The molecule has 0 aliphatic heterocycles. The van der Waals surface area contributed by atoms with Crippen LogP contribution in [0.1, 0.15) is 22.3 Å². The summed E-state index contributed by atoms with van der Waals surface area (Å²) in [4.78, 5) is 16.2. The molecule has 5 nitrogen and oxygen atoms in total. The molecule has 6 heteroatoms. The van der Waals surface area contributed by atoms with Gasteiger partial charge in [0.1, 0.15) is 0 Å². The van der Waals surface area contributed by atoms with Crippen LogP contribution in [0.3, 0.4) is 0 Å². The zero-order chi connectivity index (χ0) is 16.7. The molecule has 0 fully saturated rings. The molecule has 0 saturated heterocycles. The van der Waals surface area contributed by atoms with Gasteiger partial charge in [-0.3, -0.25) is 9.78 Å². The topological polar surface area (TPSA) is 63.2 Å². The van der Waals surface area contributed by atoms with Crippen LogP contribution in [-0.4, -0.2) is 31.2 Å². The number of pyridine rings is 1. The maximum absolute atomic E-state index is 12.1. The van der Waals surface area contributed by atoms with Gasteiger partial charge in [0.15, 0.2) is 0 Å². The molecule has 0 spiro atoms. The van der Waals surface area contributed by atoms with Gasteiger partial charge < -0.3 is 15.4 Å². The van der Waals surface area contributed by atoms with E-state index in [1.54, 1.807) is 25.6 Å². The summed E-state index contributed by atoms with van der Waals surface area (Å²) in [6, 6.07) is 7.38. The Morgan fingerprint density at radius 1 is 1.30 bits per heavy atom. The maximum atomic E-state index is 12.1. The van der Waals surface area contributed by atoms with Crippen LogP contribution in [0.4, 0.5) is 11.4 Å². The third-order valence-electron chi connectivity index (χ3n) is 3.29. The summed E-state index contributed by atoms with van der Waals surface area (Å²) in [5.74, 6) is -0.153. The first kappa shape index (κ1) is 17.2. The first-order valence-corrected chi connectivity index (χ1v) is 7.73. The van der Waals surface area contributed by atoms with E-state index in [0.717, 1.165) is 23.4 Å². The highest BCUT2D eigenvalue weighted by molar-refractivity contribution is 6.30. The van der Waals surface area contributed by atoms with Crippen molar-refractivity contribution >= 4 is 28.9 Å². The van der Waals surface area contributed by atoms with Crippen LogP contribution in [0.25, 0.3) is 0 Å². The molecule has 2 N–H and O–H groups in total. The van der Waals surface area contributed by atoms with Crippen LogP contribution >= 0.6 is 11.6 Å². The maximum Gasteiger partial charge on any atom is 0.252 e. The Balaban J connectivity index is 2.04. The number of rotatable bonds is 7. The van der Waals surface area contributed by atoms with Gasteiger partial charge in [-0.15, -0.1) is 0 Å². The molecule has 0 radical (unpaired) electrons. The number of ether oxygens (including phenoxy) is 1. The van der Waals surface area contributed by atoms with Crippen molar-refractivity contribution in [3.8, 4) is 0 Å². The molecule has 0 atom stereocenters. The van der Waals surface area contributed by atoms with E-state index in [1.807, 2.05) is 25.1 Å². The molecule has 1 aromatic carbocycles. The molecule has 0 aliphatic carbocycles. The van der Waals surface area contributed by atoms with E-state index in [-0.39, 0.29) is 5.91 Å². The smallest absolute Gasteiger partial charge is 0.252 e. The molecule has 2 rings (SSSR count). The van der Waals surface area contributed by atoms with Crippen LogP contribution < -0.4 is 10.6 Å². The van der Waals surface area contributed by atoms with Crippen molar-refractivity contribution < 1.29 is 9.53 Å². The summed E-state index contributed by atoms with van der Waals surface area (Å²) >= 11 is 6.02. The lowest BCUT2D eigenvalue weighted by Gasteiger charge is -2.11. The Bertz CT molecular complexity index is 677. The van der Waals surface area contributed by atoms with E-state index in [1.165, 1.54) is 0 Å². The molecule has 0 unspecified atom stereocenters. The fourth-order valence-corrected chi connectivity index (χ4v) is 2.21. The SMILES string of the molecule is COCCCNC(=O)c1cncc(Nc2cc(Cl)ccc2C)c1. The molecular formula is C17H20ClN3O2. The Kier molecular flexibility index (Phi) is 6.38. The van der Waals surface area contributed by atoms with E-state index < -0.39 is 0 Å². The second-order valence-electron chi connectivity index (χ2n) is 5.15. The fraction of sp³-hybridized carbons (Fsp3) is 0.294. The number of methoxy groups -OCH3 is 1. The van der Waals surface area contributed by atoms with Crippen molar-refractivity contribution in [1.29, 1.82) is 0 Å². The minimum Gasteiger partial charge on any atom is -0.385 e. The quantitative estimate of drug-likeness (QED) is 0.760. The van der Waals surface area contributed by atoms with Crippen LogP contribution in [-0.2, 0) is 4.74 Å². The molecule has 1 heterocycles. The molecule has 0 aliphatic rings. The van der Waals surface area contributed by atoms with Crippen molar-refractivity contribution in [2.24, 2.45) is 0 Å². The summed E-state index contributed by atoms with van der Waals surface area (Å²) in [6.45, 7) is 3.17. The van der Waals surface area contributed by atoms with E-state index in [0.29, 0.717) is 23.7 Å². The van der Waals surface area contributed by atoms with E-state index in [2.05, 4.69) is 15.6 Å². The molecule has 1 aromatic heterocycles. The largest absolute Gasteiger partial charge is 0.385 e. The normalized spacial score (nSPS) is 10.4. The highest BCUT2D eigenvalue weighted by Gasteiger charge is 2.07. The first-order valence-electron chi connectivity index (χ1n) is 7.35. The Morgan fingerprint density at radius 3 is 2.91 bits per heavy atom. The van der Waals surface area contributed by atoms with Crippen LogP contribution in [0.5, 0.6) is 0 Å². The summed E-state index contributed by atoms with van der Waals surface area (Å²) in [5, 5.41) is 6.73. The Labute approximate surface area is 141 Å². The number of benzene rings is 1. The van der Waals surface area contributed by atoms with Crippen molar-refractivity contribution in [2.75, 3.05) is 25.6 Å². The fourth-order valence-electron chi connectivity index (χ4n) is 2.04. The molecule has 0 bridgehead atoms. The summed E-state index contributed by atoms with van der Waals surface area (Å²) in [6.07, 6.45) is 3.99. The third-order valence-corrected chi connectivity index (χ3v) is 3.52. The molecule has 23 heavy (non-hydrogen) atoms. The number of nitrogens with one attached hydrogen (secondary N) is 2. The van der Waals surface area contributed by atoms with Crippen molar-refractivity contribution in [3.63, 3.8) is 0 Å². The van der Waals surface area contributed by atoms with Gasteiger partial charge in [0.25, 0.3) is 5.91 Å². The molecule has 122 valence electrons. The number of amides is 1. The number of nitrogens with zero attached hydrogens (tertiary/aromatic N) is 1. The first-order chi connectivity index (χ1) is 11.1. The van der Waals surface area contributed by atoms with Gasteiger partial charge in [-0.05, 0) is 37.1 Å². The average molecular weight is 334 g/mol. The second kappa shape index (κ2) is 8.50. The summed E-state index contributed by atoms with van der Waals surface area (Å²) in [7, 11) is 1.64. The van der Waals surface area contributed by atoms with Gasteiger partial charge in [-0.25, -0.2) is 0 Å². The molecule has 2 aromatic rings. The van der Waals surface area contributed by atoms with Gasteiger partial charge in [-0.2, -0.15) is 0 Å². The lowest BCUT2D eigenvalue weighted by molar-refractivity contribution is 0.0948. The number of anilines is 2. The van der Waals surface area contributed by atoms with E-state index in [4.69, 9.17) is 16.3 Å². The van der Waals surface area contributed by atoms with E-state index in [9.17, 15) is 4.79 Å². The number of aryl methyl sites for hydroxylation is 1. The molecular weight excluding hydrogens is 314 g/mol. The summed E-state index contributed by atoms with van der Waals surface area (Å²) in [5.41, 5.74) is 3.19. The Morgan fingerprint density at radius 2 is 2.13 bits per heavy atom. The van der Waals surface area contributed by atoms with Gasteiger partial charge in [0.2, 0.25) is 0 Å². The van der Waals surface area contributed by atoms with Gasteiger partial charge in [0.05, 0.1) is 17.4 Å². The van der Waals surface area contributed by atoms with Crippen LogP contribution in [0.15, 0.2) is 36.7 Å². The van der Waals surface area contributed by atoms with Crippen LogP contribution in [0.2, 0.25) is 5.02 Å². The number of aromatic nitrogens is 1. The standard InChI is InChI=1S/C17H20ClN3O2/c1-12-4-5-14(18)9-16(12)21-15-8-13(10-19-11-15)17(22)20-6-3-7-23-2/h4-5,8-11,21H,3,6-7H2,1-2H3,(H,20,22). The number of hydrogen-bond donors (Lipinski definition) is 2. The molecule has 1 amide bonds. The third kappa shape index (κ3) is 5.23. The number of carbonyl (C=O) groups is 1. The number of halogens is 1. The second-order valence-corrected chi connectivity index (χ2v) is 5.59. The summed E-state index contributed by atoms with van der Waals surface area (Å²) < 4.78 is 4.95. The predicted octanol–water partition coefficient (Wildman–Crippen LogP) is 3.55. The minimum absolute atomic E-state index is 0.153. The number of carbonyl (C=O) groups excluding carboxylic acids is 1. The van der Waals surface area contributed by atoms with Crippen molar-refractivity contribution in [2.45, 2.75) is 13.3 Å². The Hall–Kier alpha value is -2.11. The molecule has 0 saturated carbocycles. The van der Waals surface area contributed by atoms with Crippen molar-refractivity contribution in [3.05, 3.63) is 52.8 Å². The van der Waals surface area contributed by atoms with Gasteiger partial charge in [-0.1, -0.05) is 17.7 Å². The van der Waals surface area contributed by atoms with Gasteiger partial charge >= 0.3 is 0 Å². The zero-order valence-corrected chi connectivity index (χ0v) is 14.0. The predicted molar refractivity (Wildman–Crippen MR) is 92.5 cm³/mol. The van der Waals surface area contributed by atoms with E-state index >= 15 is 0 Å². The monoisotopic (exact) mass is 333 g/mol. The van der Waals surface area contributed by atoms with Gasteiger partial charge in [0, 0.05) is 37.2 Å². The highest BCUT2D eigenvalue weighted by atomic mass is 35.5. The van der Waals surface area contributed by atoms with Crippen LogP contribution in [0, 0.1) is 6.92 Å². The zero-order valence-electron chi connectivity index (χ0n) is 13.2. The van der Waals surface area contributed by atoms with Crippen molar-refractivity contribution in [1.82, 2.24) is 10.3 Å². The highest BCUT2D eigenvalue weighted by Crippen LogP contribution is 2.24.